The summed E-state index contributed by atoms with van der Waals surface area (Å²) in [5.74, 6) is 2.79. The van der Waals surface area contributed by atoms with Gasteiger partial charge in [0.25, 0.3) is 0 Å². The lowest BCUT2D eigenvalue weighted by atomic mass is 9.61. The summed E-state index contributed by atoms with van der Waals surface area (Å²) in [5, 5.41) is 1.37. The van der Waals surface area contributed by atoms with Crippen LogP contribution in [-0.2, 0) is 0 Å². The fourth-order valence-corrected chi connectivity index (χ4v) is 13.2. The minimum Gasteiger partial charge on any atom is -0.124 e. The van der Waals surface area contributed by atoms with Crippen LogP contribution in [0.15, 0.2) is 24.3 Å². The maximum Gasteiger partial charge on any atom is -0.00542 e. The summed E-state index contributed by atoms with van der Waals surface area (Å²) in [7, 11) is 1.38. The summed E-state index contributed by atoms with van der Waals surface area (Å²) in [6.07, 6.45) is 34.5. The van der Waals surface area contributed by atoms with E-state index in [4.69, 9.17) is 0 Å². The zero-order valence-electron chi connectivity index (χ0n) is 19.4. The molecule has 0 amide bonds. The van der Waals surface area contributed by atoms with Gasteiger partial charge in [0.2, 0.25) is 0 Å². The molecule has 0 nitrogen and oxygen atoms in total. The van der Waals surface area contributed by atoms with E-state index in [1.54, 1.807) is 6.16 Å². The van der Waals surface area contributed by atoms with Gasteiger partial charge in [-0.2, -0.15) is 0 Å². The van der Waals surface area contributed by atoms with Crippen molar-refractivity contribution in [3.63, 3.8) is 0 Å². The summed E-state index contributed by atoms with van der Waals surface area (Å²) in [5.41, 5.74) is 0.554. The van der Waals surface area contributed by atoms with E-state index in [0.29, 0.717) is 15.7 Å². The number of allylic oxidation sites excluding steroid dienone is 4. The number of terminal acetylenes is 1. The Morgan fingerprint density at radius 1 is 1.03 bits per heavy atom. The summed E-state index contributed by atoms with van der Waals surface area (Å²) in [6.45, 7) is 10.2. The van der Waals surface area contributed by atoms with Gasteiger partial charge >= 0.3 is 0 Å². The van der Waals surface area contributed by atoms with Crippen LogP contribution in [0.5, 0.6) is 0 Å². The summed E-state index contributed by atoms with van der Waals surface area (Å²) >= 11 is 0. The molecule has 2 fully saturated rings. The number of fused-ring (bicyclic) bond motifs is 4. The largest absolute Gasteiger partial charge is 0.124 e. The van der Waals surface area contributed by atoms with Crippen LogP contribution in [0, 0.1) is 36.0 Å². The Balaban J connectivity index is 0.00000117. The normalized spacial score (nSPS) is 44.3. The van der Waals surface area contributed by atoms with Crippen molar-refractivity contribution < 1.29 is 0 Å². The first-order valence-electron chi connectivity index (χ1n) is 12.0. The highest BCUT2D eigenvalue weighted by molar-refractivity contribution is 7.59. The third-order valence-corrected chi connectivity index (χ3v) is 13.9. The predicted molar refractivity (Wildman–Crippen MR) is 136 cm³/mol. The van der Waals surface area contributed by atoms with Crippen molar-refractivity contribution in [2.75, 3.05) is 19.0 Å². The van der Waals surface area contributed by atoms with Gasteiger partial charge in [-0.05, 0) is 110 Å². The van der Waals surface area contributed by atoms with Gasteiger partial charge in [-0.1, -0.05) is 45.1 Å². The topological polar surface area (TPSA) is 0 Å². The number of hydrogen-bond donors (Lipinski definition) is 0. The van der Waals surface area contributed by atoms with Crippen LogP contribution in [-0.4, -0.2) is 29.3 Å². The molecule has 4 aliphatic rings. The Hall–Kier alpha value is -0.100. The number of rotatable bonds is 6. The third kappa shape index (κ3) is 5.05. The van der Waals surface area contributed by atoms with Gasteiger partial charge in [0.15, 0.2) is 0 Å². The maximum absolute atomic E-state index is 4.00. The first-order chi connectivity index (χ1) is 13.9. The molecule has 0 spiro atoms. The molecule has 4 aliphatic carbocycles. The Morgan fingerprint density at radius 2 is 1.83 bits per heavy atom. The van der Waals surface area contributed by atoms with Crippen LogP contribution in [0.4, 0.5) is 0 Å². The van der Waals surface area contributed by atoms with Gasteiger partial charge in [-0.15, -0.1) is 29.3 Å². The lowest BCUT2D eigenvalue weighted by Gasteiger charge is -2.52. The molecule has 0 radical (unpaired) electrons. The zero-order chi connectivity index (χ0) is 21.1. The van der Waals surface area contributed by atoms with Crippen LogP contribution < -0.4 is 0 Å². The standard InChI is InChI=1S/C25H42P2.C2H2/c1-5-23-9-7-10-24(19-23,16-21(3)15-23)26-12-13-27(4)25-11-6-8-22(18-25)14-20(2)17-25;1-2/h6-9,20-22,26H,5,10-19H2,1-4H3;1-2H/t20?,21?,22?,23?,24-,25+,27?;/m1./s1. The first-order valence-corrected chi connectivity index (χ1v) is 15.2. The molecule has 29 heavy (non-hydrogen) atoms. The minimum absolute atomic E-state index is 0.178. The molecule has 162 valence electrons. The average molecular weight is 431 g/mol. The molecule has 0 aliphatic heterocycles. The van der Waals surface area contributed by atoms with Crippen molar-refractivity contribution in [1.82, 2.24) is 0 Å². The van der Waals surface area contributed by atoms with Crippen molar-refractivity contribution in [2.45, 2.75) is 88.9 Å². The molecule has 0 aromatic carbocycles. The van der Waals surface area contributed by atoms with E-state index in [1.807, 2.05) is 0 Å². The van der Waals surface area contributed by atoms with Crippen molar-refractivity contribution in [3.8, 4) is 12.8 Å². The highest BCUT2D eigenvalue weighted by atomic mass is 31.1. The van der Waals surface area contributed by atoms with Crippen LogP contribution in [0.3, 0.4) is 0 Å². The van der Waals surface area contributed by atoms with E-state index >= 15 is 0 Å². The van der Waals surface area contributed by atoms with Crippen LogP contribution in [0.2, 0.25) is 0 Å². The van der Waals surface area contributed by atoms with E-state index in [2.05, 4.69) is 64.6 Å². The Morgan fingerprint density at radius 3 is 2.59 bits per heavy atom. The van der Waals surface area contributed by atoms with Gasteiger partial charge in [0, 0.05) is 0 Å². The highest BCUT2D eigenvalue weighted by Crippen LogP contribution is 2.63. The lowest BCUT2D eigenvalue weighted by molar-refractivity contribution is 0.145. The van der Waals surface area contributed by atoms with Crippen LogP contribution >= 0.6 is 16.5 Å². The van der Waals surface area contributed by atoms with Crippen molar-refractivity contribution >= 4 is 16.5 Å². The van der Waals surface area contributed by atoms with Gasteiger partial charge in [0.1, 0.15) is 0 Å². The molecule has 8 atom stereocenters. The smallest absolute Gasteiger partial charge is 0.00542 e. The van der Waals surface area contributed by atoms with E-state index < -0.39 is 0 Å². The Kier molecular flexibility index (Phi) is 7.79. The summed E-state index contributed by atoms with van der Waals surface area (Å²) in [4.78, 5) is 0. The lowest BCUT2D eigenvalue weighted by Crippen LogP contribution is -2.43. The van der Waals surface area contributed by atoms with Crippen molar-refractivity contribution in [1.29, 1.82) is 0 Å². The summed E-state index contributed by atoms with van der Waals surface area (Å²) < 4.78 is 0. The molecule has 0 saturated heterocycles. The molecule has 6 unspecified atom stereocenters. The molecule has 0 N–H and O–H groups in total. The summed E-state index contributed by atoms with van der Waals surface area (Å²) in [6, 6.07) is 0. The third-order valence-electron chi connectivity index (χ3n) is 8.61. The number of hydrogen-bond acceptors (Lipinski definition) is 0. The van der Waals surface area contributed by atoms with Gasteiger partial charge in [-0.3, -0.25) is 0 Å². The quantitative estimate of drug-likeness (QED) is 0.227. The molecular formula is C27H44P2. The maximum atomic E-state index is 4.00. The fraction of sp³-hybridized carbons (Fsp3) is 0.778. The fourth-order valence-electron chi connectivity index (χ4n) is 7.55. The molecule has 4 rings (SSSR count). The second-order valence-corrected chi connectivity index (χ2v) is 15.7. The molecule has 4 bridgehead atoms. The molecule has 0 heterocycles. The molecule has 0 aromatic heterocycles. The van der Waals surface area contributed by atoms with E-state index in [1.165, 1.54) is 72.5 Å². The van der Waals surface area contributed by atoms with Crippen LogP contribution in [0.1, 0.15) is 78.6 Å². The molecule has 0 aromatic rings. The van der Waals surface area contributed by atoms with E-state index in [9.17, 15) is 0 Å². The second-order valence-electron chi connectivity index (χ2n) is 11.0. The SMILES string of the molecule is C#C.CCC12C=CC[C@@](PCCP(C)[C@@]34CC=CC(CC(C)C3)C4)(CC(C)C1)C2. The Labute approximate surface area is 184 Å². The van der Waals surface area contributed by atoms with Crippen molar-refractivity contribution in [2.24, 2.45) is 23.2 Å². The van der Waals surface area contributed by atoms with Gasteiger partial charge in [-0.25, -0.2) is 0 Å². The van der Waals surface area contributed by atoms with Crippen molar-refractivity contribution in [3.05, 3.63) is 24.3 Å². The predicted octanol–water partition coefficient (Wildman–Crippen LogP) is 8.08. The molecule has 2 saturated carbocycles. The Bertz CT molecular complexity index is 634. The van der Waals surface area contributed by atoms with Crippen LogP contribution in [0.25, 0.3) is 0 Å². The minimum atomic E-state index is 0.178. The zero-order valence-corrected chi connectivity index (χ0v) is 21.3. The highest BCUT2D eigenvalue weighted by Gasteiger charge is 2.47. The van der Waals surface area contributed by atoms with Gasteiger partial charge < -0.3 is 0 Å². The molecular weight excluding hydrogens is 386 g/mol. The van der Waals surface area contributed by atoms with E-state index in [0.717, 1.165) is 17.8 Å². The monoisotopic (exact) mass is 430 g/mol. The molecule has 2 heteroatoms. The van der Waals surface area contributed by atoms with E-state index in [-0.39, 0.29) is 7.92 Å². The second kappa shape index (κ2) is 9.58. The first kappa shape index (κ1) is 23.6. The average Bonchev–Trinajstić information content (AvgIpc) is 2.68. The van der Waals surface area contributed by atoms with Gasteiger partial charge in [0.05, 0.1) is 0 Å².